The summed E-state index contributed by atoms with van der Waals surface area (Å²) in [6.07, 6.45) is 4.99. The van der Waals surface area contributed by atoms with Crippen LogP contribution >= 0.6 is 0 Å². The van der Waals surface area contributed by atoms with Gasteiger partial charge >= 0.3 is 0 Å². The molecule has 0 spiro atoms. The predicted molar refractivity (Wildman–Crippen MR) is 62.7 cm³/mol. The van der Waals surface area contributed by atoms with Crippen molar-refractivity contribution in [2.75, 3.05) is 20.6 Å². The average molecular weight is 210 g/mol. The van der Waals surface area contributed by atoms with Gasteiger partial charge in [-0.15, -0.1) is 0 Å². The zero-order valence-corrected chi connectivity index (χ0v) is 10.2. The Morgan fingerprint density at radius 1 is 1.60 bits per heavy atom. The van der Waals surface area contributed by atoms with E-state index in [1.807, 2.05) is 26.5 Å². The lowest BCUT2D eigenvalue weighted by atomic mass is 10.2. The molecule has 4 nitrogen and oxygen atoms in total. The number of imidazole rings is 1. The SMILES string of the molecule is CCC(CNC)N(C)Cc1nccn1C. The molecule has 0 aliphatic heterocycles. The molecule has 4 heteroatoms. The average Bonchev–Trinajstić information content (AvgIpc) is 2.60. The Morgan fingerprint density at radius 3 is 2.80 bits per heavy atom. The fourth-order valence-electron chi connectivity index (χ4n) is 1.75. The van der Waals surface area contributed by atoms with E-state index in [1.165, 1.54) is 0 Å². The van der Waals surface area contributed by atoms with Crippen LogP contribution in [0.25, 0.3) is 0 Å². The summed E-state index contributed by atoms with van der Waals surface area (Å²) in [5, 5.41) is 3.22. The van der Waals surface area contributed by atoms with Gasteiger partial charge in [0.2, 0.25) is 0 Å². The topological polar surface area (TPSA) is 33.1 Å². The highest BCUT2D eigenvalue weighted by Crippen LogP contribution is 2.06. The van der Waals surface area contributed by atoms with Gasteiger partial charge < -0.3 is 9.88 Å². The van der Waals surface area contributed by atoms with Gasteiger partial charge in [0.15, 0.2) is 0 Å². The maximum atomic E-state index is 4.33. The molecule has 0 aliphatic carbocycles. The van der Waals surface area contributed by atoms with Crippen LogP contribution in [0.15, 0.2) is 12.4 Å². The first kappa shape index (κ1) is 12.2. The molecular weight excluding hydrogens is 188 g/mol. The Labute approximate surface area is 92.3 Å². The van der Waals surface area contributed by atoms with E-state index in [1.54, 1.807) is 0 Å². The summed E-state index contributed by atoms with van der Waals surface area (Å²) in [5.74, 6) is 1.12. The number of likely N-dealkylation sites (N-methyl/N-ethyl adjacent to an activating group) is 2. The first-order valence-electron chi connectivity index (χ1n) is 5.50. The molecule has 0 saturated heterocycles. The van der Waals surface area contributed by atoms with Crippen LogP contribution in [0.4, 0.5) is 0 Å². The lowest BCUT2D eigenvalue weighted by Crippen LogP contribution is -2.38. The van der Waals surface area contributed by atoms with Crippen LogP contribution in [0.2, 0.25) is 0 Å². The highest BCUT2D eigenvalue weighted by Gasteiger charge is 2.13. The van der Waals surface area contributed by atoms with Crippen molar-refractivity contribution in [1.29, 1.82) is 0 Å². The molecule has 0 aliphatic rings. The van der Waals surface area contributed by atoms with Crippen molar-refractivity contribution in [1.82, 2.24) is 19.8 Å². The second-order valence-corrected chi connectivity index (χ2v) is 3.99. The zero-order valence-electron chi connectivity index (χ0n) is 10.2. The molecule has 0 radical (unpaired) electrons. The minimum absolute atomic E-state index is 0.576. The lowest BCUT2D eigenvalue weighted by Gasteiger charge is -2.26. The van der Waals surface area contributed by atoms with Gasteiger partial charge in [0.05, 0.1) is 6.54 Å². The summed E-state index contributed by atoms with van der Waals surface area (Å²) < 4.78 is 2.07. The van der Waals surface area contributed by atoms with E-state index in [4.69, 9.17) is 0 Å². The van der Waals surface area contributed by atoms with Gasteiger partial charge in [-0.05, 0) is 20.5 Å². The van der Waals surface area contributed by atoms with E-state index in [9.17, 15) is 0 Å². The maximum Gasteiger partial charge on any atom is 0.122 e. The fourth-order valence-corrected chi connectivity index (χ4v) is 1.75. The molecule has 0 bridgehead atoms. The molecule has 15 heavy (non-hydrogen) atoms. The van der Waals surface area contributed by atoms with E-state index >= 15 is 0 Å². The number of hydrogen-bond acceptors (Lipinski definition) is 3. The molecule has 1 atom stereocenters. The van der Waals surface area contributed by atoms with Crippen molar-refractivity contribution in [3.8, 4) is 0 Å². The number of aryl methyl sites for hydroxylation is 1. The van der Waals surface area contributed by atoms with Gasteiger partial charge in [0.1, 0.15) is 5.82 Å². The Bertz CT molecular complexity index is 282. The van der Waals surface area contributed by atoms with Crippen molar-refractivity contribution >= 4 is 0 Å². The van der Waals surface area contributed by atoms with Gasteiger partial charge in [-0.25, -0.2) is 4.98 Å². The van der Waals surface area contributed by atoms with Gasteiger partial charge in [0.25, 0.3) is 0 Å². The number of nitrogens with zero attached hydrogens (tertiary/aromatic N) is 3. The van der Waals surface area contributed by atoms with Crippen LogP contribution in [0, 0.1) is 0 Å². The highest BCUT2D eigenvalue weighted by molar-refractivity contribution is 4.91. The monoisotopic (exact) mass is 210 g/mol. The van der Waals surface area contributed by atoms with Crippen molar-refractivity contribution in [2.24, 2.45) is 7.05 Å². The summed E-state index contributed by atoms with van der Waals surface area (Å²) in [4.78, 5) is 6.68. The van der Waals surface area contributed by atoms with Crippen molar-refractivity contribution in [2.45, 2.75) is 25.9 Å². The summed E-state index contributed by atoms with van der Waals surface area (Å²) in [6.45, 7) is 4.15. The Kier molecular flexibility index (Phi) is 4.78. The summed E-state index contributed by atoms with van der Waals surface area (Å²) in [6, 6.07) is 0.576. The quantitative estimate of drug-likeness (QED) is 0.755. The Hall–Kier alpha value is -0.870. The van der Waals surface area contributed by atoms with Crippen LogP contribution in [0.1, 0.15) is 19.2 Å². The van der Waals surface area contributed by atoms with E-state index in [-0.39, 0.29) is 0 Å². The number of nitrogens with one attached hydrogen (secondary N) is 1. The van der Waals surface area contributed by atoms with Crippen LogP contribution in [-0.2, 0) is 13.6 Å². The number of rotatable bonds is 6. The van der Waals surface area contributed by atoms with Gasteiger partial charge in [-0.1, -0.05) is 6.92 Å². The Morgan fingerprint density at radius 2 is 2.33 bits per heavy atom. The zero-order chi connectivity index (χ0) is 11.3. The van der Waals surface area contributed by atoms with Gasteiger partial charge in [-0.3, -0.25) is 4.90 Å². The molecule has 1 N–H and O–H groups in total. The number of aromatic nitrogens is 2. The van der Waals surface area contributed by atoms with Crippen LogP contribution in [-0.4, -0.2) is 41.1 Å². The standard InChI is InChI=1S/C11H22N4/c1-5-10(8-12-2)15(4)9-11-13-6-7-14(11)3/h6-7,10,12H,5,8-9H2,1-4H3. The van der Waals surface area contributed by atoms with Crippen LogP contribution in [0.3, 0.4) is 0 Å². The van der Waals surface area contributed by atoms with Crippen LogP contribution in [0.5, 0.6) is 0 Å². The van der Waals surface area contributed by atoms with Crippen molar-refractivity contribution in [3.63, 3.8) is 0 Å². The molecule has 1 heterocycles. The first-order chi connectivity index (χ1) is 7.19. The van der Waals surface area contributed by atoms with E-state index in [0.29, 0.717) is 6.04 Å². The molecule has 1 aromatic heterocycles. The lowest BCUT2D eigenvalue weighted by molar-refractivity contribution is 0.217. The fraction of sp³-hybridized carbons (Fsp3) is 0.727. The smallest absolute Gasteiger partial charge is 0.122 e. The third kappa shape index (κ3) is 3.32. The minimum atomic E-state index is 0.576. The Balaban J connectivity index is 2.53. The molecule has 0 fully saturated rings. The van der Waals surface area contributed by atoms with Crippen molar-refractivity contribution < 1.29 is 0 Å². The normalized spacial score (nSPS) is 13.4. The maximum absolute atomic E-state index is 4.33. The first-order valence-corrected chi connectivity index (χ1v) is 5.50. The minimum Gasteiger partial charge on any atom is -0.337 e. The summed E-state index contributed by atoms with van der Waals surface area (Å²) in [7, 11) is 6.19. The third-order valence-corrected chi connectivity index (χ3v) is 2.85. The molecule has 0 amide bonds. The van der Waals surface area contributed by atoms with Crippen molar-refractivity contribution in [3.05, 3.63) is 18.2 Å². The van der Waals surface area contributed by atoms with E-state index in [2.05, 4.69) is 33.7 Å². The second kappa shape index (κ2) is 5.88. The highest BCUT2D eigenvalue weighted by atomic mass is 15.2. The largest absolute Gasteiger partial charge is 0.337 e. The molecule has 0 saturated carbocycles. The molecule has 86 valence electrons. The number of hydrogen-bond donors (Lipinski definition) is 1. The van der Waals surface area contributed by atoms with Crippen LogP contribution < -0.4 is 5.32 Å². The van der Waals surface area contributed by atoms with Gasteiger partial charge in [0, 0.05) is 32.0 Å². The molecule has 1 rings (SSSR count). The molecule has 0 aromatic carbocycles. The van der Waals surface area contributed by atoms with E-state index < -0.39 is 0 Å². The summed E-state index contributed by atoms with van der Waals surface area (Å²) in [5.41, 5.74) is 0. The summed E-state index contributed by atoms with van der Waals surface area (Å²) >= 11 is 0. The third-order valence-electron chi connectivity index (χ3n) is 2.85. The van der Waals surface area contributed by atoms with Gasteiger partial charge in [-0.2, -0.15) is 0 Å². The molecule has 1 aromatic rings. The van der Waals surface area contributed by atoms with E-state index in [0.717, 1.165) is 25.3 Å². The predicted octanol–water partition coefficient (Wildman–Crippen LogP) is 0.850. The molecule has 1 unspecified atom stereocenters. The second-order valence-electron chi connectivity index (χ2n) is 3.99. The molecular formula is C11H22N4.